The highest BCUT2D eigenvalue weighted by atomic mass is 16.5. The van der Waals surface area contributed by atoms with Crippen LogP contribution >= 0.6 is 0 Å². The fraction of sp³-hybridized carbons (Fsp3) is 0.857. The molecule has 0 aromatic rings. The molecule has 2 heteroatoms. The van der Waals surface area contributed by atoms with Crippen molar-refractivity contribution in [2.24, 2.45) is 28.1 Å². The molecular weight excluding hydrogens is 284 g/mol. The number of hydrogen-bond acceptors (Lipinski definition) is 2. The molecule has 3 aliphatic carbocycles. The third-order valence-corrected chi connectivity index (χ3v) is 8.01. The molecule has 0 aliphatic heterocycles. The van der Waals surface area contributed by atoms with Crippen LogP contribution in [-0.2, 0) is 9.53 Å². The standard InChI is InChI=1S/C21H34O2/c1-6-19(2)13-10-16-15(14-19)8-9-17-20(16,3)11-7-12-21(17,4)18(22)23-5/h8,16-17H,6-7,9-14H2,1-5H3/t16-,17+,19-,20+,21+/m0/s1. The second kappa shape index (κ2) is 5.63. The molecule has 5 atom stereocenters. The molecule has 0 aromatic heterocycles. The first-order valence-corrected chi connectivity index (χ1v) is 9.56. The Hall–Kier alpha value is -0.790. The minimum Gasteiger partial charge on any atom is -0.469 e. The van der Waals surface area contributed by atoms with Crippen LogP contribution in [-0.4, -0.2) is 13.1 Å². The number of rotatable bonds is 2. The zero-order chi connectivity index (χ0) is 16.9. The fourth-order valence-electron chi connectivity index (χ4n) is 6.26. The molecule has 0 spiro atoms. The van der Waals surface area contributed by atoms with Crippen molar-refractivity contribution in [3.05, 3.63) is 11.6 Å². The molecule has 0 radical (unpaired) electrons. The lowest BCUT2D eigenvalue weighted by Gasteiger charge is -2.59. The second-order valence-corrected chi connectivity index (χ2v) is 9.27. The smallest absolute Gasteiger partial charge is 0.311 e. The van der Waals surface area contributed by atoms with Crippen LogP contribution in [0.4, 0.5) is 0 Å². The molecule has 0 saturated heterocycles. The third kappa shape index (κ3) is 2.48. The van der Waals surface area contributed by atoms with E-state index < -0.39 is 0 Å². The predicted molar refractivity (Wildman–Crippen MR) is 94.0 cm³/mol. The summed E-state index contributed by atoms with van der Waals surface area (Å²) >= 11 is 0. The Bertz CT molecular complexity index is 522. The Labute approximate surface area is 142 Å². The average molecular weight is 319 g/mol. The van der Waals surface area contributed by atoms with E-state index in [0.717, 1.165) is 19.3 Å². The molecule has 0 heterocycles. The van der Waals surface area contributed by atoms with E-state index in [2.05, 4.69) is 33.8 Å². The van der Waals surface area contributed by atoms with Crippen LogP contribution in [0.25, 0.3) is 0 Å². The van der Waals surface area contributed by atoms with E-state index in [4.69, 9.17) is 4.74 Å². The van der Waals surface area contributed by atoms with Gasteiger partial charge in [-0.2, -0.15) is 0 Å². The summed E-state index contributed by atoms with van der Waals surface area (Å²) in [7, 11) is 1.55. The van der Waals surface area contributed by atoms with E-state index in [1.807, 2.05) is 0 Å². The van der Waals surface area contributed by atoms with Gasteiger partial charge in [-0.05, 0) is 68.1 Å². The van der Waals surface area contributed by atoms with Gasteiger partial charge in [-0.25, -0.2) is 0 Å². The Kier molecular flexibility index (Phi) is 4.18. The summed E-state index contributed by atoms with van der Waals surface area (Å²) in [6, 6.07) is 0. The van der Waals surface area contributed by atoms with Crippen molar-refractivity contribution in [2.75, 3.05) is 7.11 Å². The van der Waals surface area contributed by atoms with E-state index in [0.29, 0.717) is 17.3 Å². The molecule has 130 valence electrons. The quantitative estimate of drug-likeness (QED) is 0.495. The fourth-order valence-corrected chi connectivity index (χ4v) is 6.26. The molecule has 3 aliphatic rings. The summed E-state index contributed by atoms with van der Waals surface area (Å²) in [5.74, 6) is 1.14. The first-order chi connectivity index (χ1) is 10.8. The van der Waals surface area contributed by atoms with Crippen LogP contribution in [0.1, 0.15) is 79.1 Å². The summed E-state index contributed by atoms with van der Waals surface area (Å²) in [5, 5.41) is 0. The van der Waals surface area contributed by atoms with Gasteiger partial charge in [0.2, 0.25) is 0 Å². The number of methoxy groups -OCH3 is 1. The van der Waals surface area contributed by atoms with E-state index in [9.17, 15) is 4.79 Å². The molecule has 0 N–H and O–H groups in total. The summed E-state index contributed by atoms with van der Waals surface area (Å²) in [4.78, 5) is 12.6. The maximum Gasteiger partial charge on any atom is 0.311 e. The lowest BCUT2D eigenvalue weighted by atomic mass is 9.45. The van der Waals surface area contributed by atoms with Crippen LogP contribution in [0, 0.1) is 28.1 Å². The average Bonchev–Trinajstić information content (AvgIpc) is 2.53. The van der Waals surface area contributed by atoms with Crippen molar-refractivity contribution >= 4 is 5.97 Å². The maximum absolute atomic E-state index is 12.6. The molecule has 2 nitrogen and oxygen atoms in total. The molecular formula is C21H34O2. The summed E-state index contributed by atoms with van der Waals surface area (Å²) in [6.07, 6.45) is 12.2. The Morgan fingerprint density at radius 2 is 2.00 bits per heavy atom. The molecule has 3 rings (SSSR count). The molecule has 23 heavy (non-hydrogen) atoms. The summed E-state index contributed by atoms with van der Waals surface area (Å²) < 4.78 is 5.21. The largest absolute Gasteiger partial charge is 0.469 e. The molecule has 0 aromatic carbocycles. The van der Waals surface area contributed by atoms with Gasteiger partial charge >= 0.3 is 5.97 Å². The number of esters is 1. The zero-order valence-corrected chi connectivity index (χ0v) is 15.7. The second-order valence-electron chi connectivity index (χ2n) is 9.27. The highest BCUT2D eigenvalue weighted by molar-refractivity contribution is 5.77. The van der Waals surface area contributed by atoms with Crippen molar-refractivity contribution in [3.8, 4) is 0 Å². The first kappa shape index (κ1) is 17.0. The molecule has 0 unspecified atom stereocenters. The molecule has 0 amide bonds. The van der Waals surface area contributed by atoms with Crippen LogP contribution in [0.2, 0.25) is 0 Å². The van der Waals surface area contributed by atoms with Gasteiger partial charge in [-0.1, -0.05) is 45.3 Å². The highest BCUT2D eigenvalue weighted by Crippen LogP contribution is 2.64. The topological polar surface area (TPSA) is 26.3 Å². The van der Waals surface area contributed by atoms with Crippen molar-refractivity contribution in [1.29, 1.82) is 0 Å². The minimum absolute atomic E-state index is 0.0134. The van der Waals surface area contributed by atoms with Gasteiger partial charge in [0.15, 0.2) is 0 Å². The van der Waals surface area contributed by atoms with Crippen LogP contribution in [0.15, 0.2) is 11.6 Å². The predicted octanol–water partition coefficient (Wildman–Crippen LogP) is 5.52. The van der Waals surface area contributed by atoms with Gasteiger partial charge in [0.1, 0.15) is 0 Å². The van der Waals surface area contributed by atoms with Gasteiger partial charge in [0, 0.05) is 0 Å². The van der Waals surface area contributed by atoms with Gasteiger partial charge in [0.25, 0.3) is 0 Å². The number of ether oxygens (including phenoxy) is 1. The van der Waals surface area contributed by atoms with Gasteiger partial charge in [0.05, 0.1) is 12.5 Å². The first-order valence-electron chi connectivity index (χ1n) is 9.56. The normalized spacial score (nSPS) is 46.4. The van der Waals surface area contributed by atoms with Crippen molar-refractivity contribution in [1.82, 2.24) is 0 Å². The lowest BCUT2D eigenvalue weighted by Crippen LogP contribution is -2.54. The lowest BCUT2D eigenvalue weighted by molar-refractivity contribution is -0.167. The van der Waals surface area contributed by atoms with E-state index >= 15 is 0 Å². The van der Waals surface area contributed by atoms with Crippen LogP contribution in [0.5, 0.6) is 0 Å². The van der Waals surface area contributed by atoms with E-state index in [1.54, 1.807) is 12.7 Å². The van der Waals surface area contributed by atoms with Gasteiger partial charge in [-0.15, -0.1) is 0 Å². The zero-order valence-electron chi connectivity index (χ0n) is 15.7. The molecule has 0 bridgehead atoms. The number of allylic oxidation sites excluding steroid dienone is 2. The monoisotopic (exact) mass is 318 g/mol. The number of hydrogen-bond donors (Lipinski definition) is 0. The molecule has 2 fully saturated rings. The number of carbonyl (C=O) groups excluding carboxylic acids is 1. The maximum atomic E-state index is 12.6. The van der Waals surface area contributed by atoms with Crippen molar-refractivity contribution in [3.63, 3.8) is 0 Å². The number of carbonyl (C=O) groups is 1. The molecule has 2 saturated carbocycles. The van der Waals surface area contributed by atoms with E-state index in [-0.39, 0.29) is 16.8 Å². The Morgan fingerprint density at radius 3 is 2.65 bits per heavy atom. The third-order valence-electron chi connectivity index (χ3n) is 8.01. The van der Waals surface area contributed by atoms with Crippen LogP contribution < -0.4 is 0 Å². The Morgan fingerprint density at radius 1 is 1.26 bits per heavy atom. The van der Waals surface area contributed by atoms with Crippen molar-refractivity contribution < 1.29 is 9.53 Å². The Balaban J connectivity index is 1.95. The van der Waals surface area contributed by atoms with E-state index in [1.165, 1.54) is 32.1 Å². The van der Waals surface area contributed by atoms with Crippen molar-refractivity contribution in [2.45, 2.75) is 79.1 Å². The van der Waals surface area contributed by atoms with Gasteiger partial charge < -0.3 is 4.74 Å². The van der Waals surface area contributed by atoms with Gasteiger partial charge in [-0.3, -0.25) is 4.79 Å². The highest BCUT2D eigenvalue weighted by Gasteiger charge is 2.58. The van der Waals surface area contributed by atoms with Crippen LogP contribution in [0.3, 0.4) is 0 Å². The minimum atomic E-state index is -0.296. The summed E-state index contributed by atoms with van der Waals surface area (Å²) in [6.45, 7) is 9.43. The number of fused-ring (bicyclic) bond motifs is 3. The SMILES string of the molecule is CC[C@@]1(C)CC[C@H]2C(=CC[C@@H]3[C@]2(C)CCC[C@@]3(C)C(=O)OC)C1. The summed E-state index contributed by atoms with van der Waals surface area (Å²) in [5.41, 5.74) is 2.18.